The van der Waals surface area contributed by atoms with Crippen LogP contribution in [0, 0.1) is 0 Å². The Hall–Kier alpha value is -1.63. The minimum Gasteiger partial charge on any atom is -0.464 e. The predicted molar refractivity (Wildman–Crippen MR) is 74.3 cm³/mol. The van der Waals surface area contributed by atoms with Gasteiger partial charge in [-0.25, -0.2) is 0 Å². The summed E-state index contributed by atoms with van der Waals surface area (Å²) in [5.41, 5.74) is 5.71. The van der Waals surface area contributed by atoms with Crippen molar-refractivity contribution in [2.75, 3.05) is 37.4 Å². The highest BCUT2D eigenvalue weighted by Crippen LogP contribution is 2.20. The van der Waals surface area contributed by atoms with Crippen molar-refractivity contribution in [2.45, 2.75) is 32.9 Å². The lowest BCUT2D eigenvalue weighted by Gasteiger charge is -2.42. The van der Waals surface area contributed by atoms with Crippen LogP contribution in [-0.4, -0.2) is 58.7 Å². The number of likely N-dealkylation sites (N-methyl/N-ethyl adjacent to an activating group) is 1. The smallest absolute Gasteiger partial charge is 0.323 e. The van der Waals surface area contributed by atoms with Gasteiger partial charge in [-0.2, -0.15) is 15.0 Å². The van der Waals surface area contributed by atoms with Crippen molar-refractivity contribution in [1.82, 2.24) is 19.9 Å². The number of nitrogens with two attached hydrogens (primary N) is 1. The summed E-state index contributed by atoms with van der Waals surface area (Å²) >= 11 is 0. The van der Waals surface area contributed by atoms with Gasteiger partial charge in [0.05, 0.1) is 6.61 Å². The molecule has 2 heterocycles. The van der Waals surface area contributed by atoms with Gasteiger partial charge < -0.3 is 15.4 Å². The highest BCUT2D eigenvalue weighted by atomic mass is 16.5. The van der Waals surface area contributed by atoms with Crippen LogP contribution in [-0.2, 0) is 0 Å². The molecule has 2 N–H and O–H groups in total. The van der Waals surface area contributed by atoms with Gasteiger partial charge in [-0.15, -0.1) is 0 Å². The van der Waals surface area contributed by atoms with Gasteiger partial charge in [0.1, 0.15) is 0 Å². The maximum absolute atomic E-state index is 5.71. The summed E-state index contributed by atoms with van der Waals surface area (Å²) in [6, 6.07) is 1.18. The predicted octanol–water partition coefficient (Wildman–Crippen LogP) is 0.381. The fraction of sp³-hybridized carbons (Fsp3) is 0.750. The second-order valence-corrected chi connectivity index (χ2v) is 4.98. The summed E-state index contributed by atoms with van der Waals surface area (Å²) in [5, 5.41) is 0. The molecule has 0 bridgehead atoms. The van der Waals surface area contributed by atoms with Crippen molar-refractivity contribution in [1.29, 1.82) is 0 Å². The Morgan fingerprint density at radius 2 is 1.84 bits per heavy atom. The van der Waals surface area contributed by atoms with Crippen LogP contribution in [0.5, 0.6) is 6.01 Å². The Bertz CT molecular complexity index is 428. The van der Waals surface area contributed by atoms with E-state index >= 15 is 0 Å². The maximum atomic E-state index is 5.71. The minimum atomic E-state index is 0.202. The van der Waals surface area contributed by atoms with Gasteiger partial charge in [0, 0.05) is 25.2 Å². The van der Waals surface area contributed by atoms with Crippen LogP contribution in [0.15, 0.2) is 0 Å². The SMILES string of the molecule is CCOc1nc(N)nc(N2CC(C)N(C)C(C)C2)n1. The van der Waals surface area contributed by atoms with Gasteiger partial charge in [-0.3, -0.25) is 4.90 Å². The monoisotopic (exact) mass is 266 g/mol. The summed E-state index contributed by atoms with van der Waals surface area (Å²) in [5.74, 6) is 0.801. The molecule has 106 valence electrons. The van der Waals surface area contributed by atoms with E-state index < -0.39 is 0 Å². The first kappa shape index (κ1) is 13.8. The van der Waals surface area contributed by atoms with Crippen LogP contribution in [0.2, 0.25) is 0 Å². The van der Waals surface area contributed by atoms with Crippen molar-refractivity contribution in [3.8, 4) is 6.01 Å². The van der Waals surface area contributed by atoms with E-state index in [2.05, 4.69) is 45.6 Å². The Balaban J connectivity index is 2.21. The highest BCUT2D eigenvalue weighted by Gasteiger charge is 2.28. The molecule has 19 heavy (non-hydrogen) atoms. The molecule has 2 rings (SSSR count). The molecule has 7 nitrogen and oxygen atoms in total. The molecule has 1 aromatic heterocycles. The van der Waals surface area contributed by atoms with E-state index in [9.17, 15) is 0 Å². The molecule has 1 aliphatic rings. The highest BCUT2D eigenvalue weighted by molar-refractivity contribution is 5.37. The van der Waals surface area contributed by atoms with Gasteiger partial charge in [-0.05, 0) is 27.8 Å². The van der Waals surface area contributed by atoms with Gasteiger partial charge in [0.2, 0.25) is 11.9 Å². The maximum Gasteiger partial charge on any atom is 0.323 e. The second-order valence-electron chi connectivity index (χ2n) is 4.98. The molecule has 0 saturated carbocycles. The lowest BCUT2D eigenvalue weighted by Crippen LogP contribution is -2.55. The third-order valence-electron chi connectivity index (χ3n) is 3.54. The fourth-order valence-electron chi connectivity index (χ4n) is 2.26. The van der Waals surface area contributed by atoms with E-state index in [4.69, 9.17) is 10.5 Å². The number of rotatable bonds is 3. The molecular weight excluding hydrogens is 244 g/mol. The number of anilines is 2. The average Bonchev–Trinajstić information content (AvgIpc) is 2.35. The second kappa shape index (κ2) is 5.56. The largest absolute Gasteiger partial charge is 0.464 e. The number of piperazine rings is 1. The lowest BCUT2D eigenvalue weighted by atomic mass is 10.1. The van der Waals surface area contributed by atoms with Crippen LogP contribution < -0.4 is 15.4 Å². The summed E-state index contributed by atoms with van der Waals surface area (Å²) in [6.45, 7) is 8.52. The van der Waals surface area contributed by atoms with Crippen molar-refractivity contribution in [2.24, 2.45) is 0 Å². The first-order valence-corrected chi connectivity index (χ1v) is 6.62. The number of aromatic nitrogens is 3. The first-order valence-electron chi connectivity index (χ1n) is 6.62. The Labute approximate surface area is 113 Å². The molecule has 1 aliphatic heterocycles. The number of nitrogen functional groups attached to an aromatic ring is 1. The average molecular weight is 266 g/mol. The van der Waals surface area contributed by atoms with Crippen LogP contribution in [0.25, 0.3) is 0 Å². The van der Waals surface area contributed by atoms with Gasteiger partial charge >= 0.3 is 6.01 Å². The summed E-state index contributed by atoms with van der Waals surface area (Å²) in [6.07, 6.45) is 0. The van der Waals surface area contributed by atoms with E-state index in [1.165, 1.54) is 0 Å². The standard InChI is InChI=1S/C12H22N6O/c1-5-19-12-15-10(13)14-11(16-12)18-6-8(2)17(4)9(3)7-18/h8-9H,5-7H2,1-4H3,(H2,13,14,15,16). The van der Waals surface area contributed by atoms with Gasteiger partial charge in [-0.1, -0.05) is 0 Å². The summed E-state index contributed by atoms with van der Waals surface area (Å²) in [4.78, 5) is 17.0. The molecule has 1 aromatic rings. The molecule has 0 aliphatic carbocycles. The molecule has 1 saturated heterocycles. The van der Waals surface area contributed by atoms with E-state index in [-0.39, 0.29) is 5.95 Å². The quantitative estimate of drug-likeness (QED) is 0.847. The zero-order valence-corrected chi connectivity index (χ0v) is 12.0. The van der Waals surface area contributed by atoms with E-state index in [0.29, 0.717) is 30.6 Å². The van der Waals surface area contributed by atoms with Crippen LogP contribution >= 0.6 is 0 Å². The number of hydrogen-bond acceptors (Lipinski definition) is 7. The fourth-order valence-corrected chi connectivity index (χ4v) is 2.26. The molecule has 2 unspecified atom stereocenters. The molecule has 2 atom stereocenters. The van der Waals surface area contributed by atoms with Crippen molar-refractivity contribution in [3.05, 3.63) is 0 Å². The number of nitrogens with zero attached hydrogens (tertiary/aromatic N) is 5. The van der Waals surface area contributed by atoms with Crippen LogP contribution in [0.3, 0.4) is 0 Å². The van der Waals surface area contributed by atoms with Crippen molar-refractivity contribution in [3.63, 3.8) is 0 Å². The summed E-state index contributed by atoms with van der Waals surface area (Å²) < 4.78 is 5.31. The third-order valence-corrected chi connectivity index (χ3v) is 3.54. The molecule has 0 spiro atoms. The van der Waals surface area contributed by atoms with E-state index in [1.54, 1.807) is 0 Å². The third kappa shape index (κ3) is 3.04. The Morgan fingerprint density at radius 3 is 2.42 bits per heavy atom. The molecule has 0 radical (unpaired) electrons. The molecule has 7 heteroatoms. The van der Waals surface area contributed by atoms with Crippen LogP contribution in [0.4, 0.5) is 11.9 Å². The number of hydrogen-bond donors (Lipinski definition) is 1. The molecule has 0 amide bonds. The normalized spacial score (nSPS) is 24.5. The lowest BCUT2D eigenvalue weighted by molar-refractivity contribution is 0.169. The van der Waals surface area contributed by atoms with E-state index in [0.717, 1.165) is 13.1 Å². The molecular formula is C12H22N6O. The Morgan fingerprint density at radius 1 is 1.21 bits per heavy atom. The zero-order valence-electron chi connectivity index (χ0n) is 12.0. The topological polar surface area (TPSA) is 80.4 Å². The molecule has 0 aromatic carbocycles. The Kier molecular flexibility index (Phi) is 4.04. The van der Waals surface area contributed by atoms with Gasteiger partial charge in [0.25, 0.3) is 0 Å². The van der Waals surface area contributed by atoms with Gasteiger partial charge in [0.15, 0.2) is 0 Å². The summed E-state index contributed by atoms with van der Waals surface area (Å²) in [7, 11) is 2.14. The van der Waals surface area contributed by atoms with Crippen molar-refractivity contribution >= 4 is 11.9 Å². The molecule has 1 fully saturated rings. The first-order chi connectivity index (χ1) is 9.01. The van der Waals surface area contributed by atoms with E-state index in [1.807, 2.05) is 6.92 Å². The van der Waals surface area contributed by atoms with Crippen LogP contribution in [0.1, 0.15) is 20.8 Å². The number of ether oxygens (including phenoxy) is 1. The zero-order chi connectivity index (χ0) is 14.0. The minimum absolute atomic E-state index is 0.202. The van der Waals surface area contributed by atoms with Crippen molar-refractivity contribution < 1.29 is 4.74 Å².